The number of morpholine rings is 1. The van der Waals surface area contributed by atoms with E-state index < -0.39 is 70.5 Å². The molecule has 4 aromatic carbocycles. The molecule has 1 saturated carbocycles. The average molecular weight is 775 g/mol. The highest BCUT2D eigenvalue weighted by molar-refractivity contribution is 6.32. The second-order valence-electron chi connectivity index (χ2n) is 15.2. The van der Waals surface area contributed by atoms with Gasteiger partial charge in [-0.15, -0.1) is 13.2 Å². The summed E-state index contributed by atoms with van der Waals surface area (Å²) in [5, 5.41) is 11.6. The van der Waals surface area contributed by atoms with E-state index in [1.54, 1.807) is 78.9 Å². The van der Waals surface area contributed by atoms with Crippen LogP contribution < -0.4 is 14.5 Å². The summed E-state index contributed by atoms with van der Waals surface area (Å²) in [5.74, 6) is -7.64. The van der Waals surface area contributed by atoms with Crippen molar-refractivity contribution in [3.63, 3.8) is 0 Å². The third kappa shape index (κ3) is 5.96. The van der Waals surface area contributed by atoms with E-state index in [-0.39, 0.29) is 29.8 Å². The molecule has 0 bridgehead atoms. The maximum atomic E-state index is 15.2. The molecular weight excluding hydrogens is 737 g/mol. The van der Waals surface area contributed by atoms with Crippen molar-refractivity contribution in [2.24, 2.45) is 23.7 Å². The summed E-state index contributed by atoms with van der Waals surface area (Å²) < 4.78 is 50.7. The Kier molecular flexibility index (Phi) is 8.91. The van der Waals surface area contributed by atoms with Crippen LogP contribution in [0.2, 0.25) is 0 Å². The summed E-state index contributed by atoms with van der Waals surface area (Å²) in [5.41, 5.74) is 1.13. The first-order valence-corrected chi connectivity index (χ1v) is 19.0. The zero-order valence-electron chi connectivity index (χ0n) is 30.5. The number of fused-ring (bicyclic) bond motifs is 4. The molecule has 0 radical (unpaired) electrons. The van der Waals surface area contributed by atoms with Gasteiger partial charge in [0.05, 0.1) is 36.2 Å². The third-order valence-corrected chi connectivity index (χ3v) is 12.4. The lowest BCUT2D eigenvalue weighted by Gasteiger charge is -2.55. The molecule has 9 nitrogen and oxygen atoms in total. The van der Waals surface area contributed by atoms with Crippen LogP contribution in [0.4, 0.5) is 24.5 Å². The first-order chi connectivity index (χ1) is 27.5. The molecule has 2 saturated heterocycles. The lowest BCUT2D eigenvalue weighted by molar-refractivity contribution is -0.274. The minimum Gasteiger partial charge on any atom is -0.508 e. The van der Waals surface area contributed by atoms with Crippen LogP contribution in [-0.4, -0.2) is 61.2 Å². The molecule has 9 rings (SSSR count). The number of hydrogen-bond donors (Lipinski definition) is 1. The zero-order valence-corrected chi connectivity index (χ0v) is 30.5. The number of benzene rings is 4. The van der Waals surface area contributed by atoms with Crippen molar-refractivity contribution < 1.29 is 46.9 Å². The standard InChI is InChI=1S/C45H37F3N2O7/c46-45(47,48)57-30-15-18-37(51)35(23-30)40-31-16-17-32-39(43(55)50(42(32)54)29-13-11-28(12-14-29)49-19-21-56-22-20-49)34(31)24-36-41(53)33(26-7-3-1-4-8-26)25-38(52)44(36,40)27-9-5-2-6-10-27/h1-16,18,23,25,32,34,36,39-40,51H,17,19-22,24H2. The summed E-state index contributed by atoms with van der Waals surface area (Å²) in [6.45, 7) is 2.59. The Bertz CT molecular complexity index is 2340. The van der Waals surface area contributed by atoms with Crippen molar-refractivity contribution >= 4 is 40.3 Å². The van der Waals surface area contributed by atoms with Crippen LogP contribution in [0.25, 0.3) is 5.57 Å². The van der Waals surface area contributed by atoms with E-state index in [9.17, 15) is 27.9 Å². The number of allylic oxidation sites excluding steroid dienone is 4. The van der Waals surface area contributed by atoms with Gasteiger partial charge in [0.2, 0.25) is 11.8 Å². The van der Waals surface area contributed by atoms with Gasteiger partial charge < -0.3 is 19.5 Å². The first kappa shape index (κ1) is 36.6. The fraction of sp³-hybridized carbons (Fsp3) is 0.289. The van der Waals surface area contributed by atoms with E-state index >= 15 is 9.59 Å². The number of ether oxygens (including phenoxy) is 2. The number of alkyl halides is 3. The number of carbonyl (C=O) groups excluding carboxylic acids is 4. The van der Waals surface area contributed by atoms with Crippen LogP contribution in [-0.2, 0) is 29.3 Å². The van der Waals surface area contributed by atoms with Crippen molar-refractivity contribution in [2.45, 2.75) is 30.5 Å². The van der Waals surface area contributed by atoms with Gasteiger partial charge in [0.25, 0.3) is 0 Å². The predicted octanol–water partition coefficient (Wildman–Crippen LogP) is 7.16. The van der Waals surface area contributed by atoms with Gasteiger partial charge in [-0.05, 0) is 78.4 Å². The number of anilines is 2. The Hall–Kier alpha value is -6.01. The minimum absolute atomic E-state index is 0.00449. The topological polar surface area (TPSA) is 113 Å². The highest BCUT2D eigenvalue weighted by atomic mass is 19.4. The van der Waals surface area contributed by atoms with Gasteiger partial charge in [0, 0.05) is 41.7 Å². The van der Waals surface area contributed by atoms with Gasteiger partial charge >= 0.3 is 6.36 Å². The van der Waals surface area contributed by atoms with Crippen LogP contribution in [0.5, 0.6) is 11.5 Å². The number of carbonyl (C=O) groups is 4. The summed E-state index contributed by atoms with van der Waals surface area (Å²) >= 11 is 0. The molecule has 6 unspecified atom stereocenters. The van der Waals surface area contributed by atoms with Crippen molar-refractivity contribution in [2.75, 3.05) is 36.1 Å². The number of rotatable bonds is 6. The second kappa shape index (κ2) is 13.9. The number of ketones is 2. The number of hydrogen-bond acceptors (Lipinski definition) is 8. The molecule has 2 aliphatic heterocycles. The number of imide groups is 1. The van der Waals surface area contributed by atoms with Crippen molar-refractivity contribution in [3.8, 4) is 11.5 Å². The molecule has 2 heterocycles. The van der Waals surface area contributed by atoms with Crippen LogP contribution in [0.1, 0.15) is 35.4 Å². The Morgan fingerprint density at radius 3 is 2.14 bits per heavy atom. The van der Waals surface area contributed by atoms with Crippen molar-refractivity contribution in [1.82, 2.24) is 0 Å². The average Bonchev–Trinajstić information content (AvgIpc) is 3.48. The van der Waals surface area contributed by atoms with Crippen molar-refractivity contribution in [1.29, 1.82) is 0 Å². The van der Waals surface area contributed by atoms with Gasteiger partial charge in [-0.3, -0.25) is 24.1 Å². The fourth-order valence-corrected chi connectivity index (χ4v) is 10.1. The van der Waals surface area contributed by atoms with E-state index in [4.69, 9.17) is 4.74 Å². The zero-order chi connectivity index (χ0) is 39.6. The van der Waals surface area contributed by atoms with Gasteiger partial charge in [-0.25, -0.2) is 0 Å². The number of phenols is 1. The van der Waals surface area contributed by atoms with E-state index in [1.165, 1.54) is 11.0 Å². The number of nitrogens with zero attached hydrogens (tertiary/aromatic N) is 2. The maximum Gasteiger partial charge on any atom is 0.573 e. The van der Waals surface area contributed by atoms with Gasteiger partial charge in [-0.2, -0.15) is 0 Å². The van der Waals surface area contributed by atoms with E-state index in [1.807, 2.05) is 12.1 Å². The Labute approximate surface area is 326 Å². The Balaban J connectivity index is 1.21. The molecule has 290 valence electrons. The molecule has 12 heteroatoms. The van der Waals surface area contributed by atoms with E-state index in [0.717, 1.165) is 23.9 Å². The number of halogens is 3. The fourth-order valence-electron chi connectivity index (χ4n) is 10.1. The van der Waals surface area contributed by atoms with Crippen LogP contribution in [0.15, 0.2) is 121 Å². The quantitative estimate of drug-likeness (QED) is 0.162. The predicted molar refractivity (Wildman–Crippen MR) is 203 cm³/mol. The van der Waals surface area contributed by atoms with Crippen LogP contribution in [0, 0.1) is 23.7 Å². The van der Waals surface area contributed by atoms with E-state index in [2.05, 4.69) is 9.64 Å². The van der Waals surface area contributed by atoms with Crippen LogP contribution in [0.3, 0.4) is 0 Å². The lowest BCUT2D eigenvalue weighted by atomic mass is 9.44. The number of Topliss-reactive ketones (excluding diaryl/α,β-unsaturated/α-hetero) is 1. The summed E-state index contributed by atoms with van der Waals surface area (Å²) in [6, 6.07) is 27.6. The molecule has 57 heavy (non-hydrogen) atoms. The molecule has 0 spiro atoms. The number of amides is 2. The molecule has 5 aliphatic rings. The first-order valence-electron chi connectivity index (χ1n) is 19.0. The SMILES string of the molecule is O=C1C(c2ccccc2)=CC(=O)C2(c3ccccc3)C1CC1C(=CCC3C(=O)N(c4ccc(N5CCOCC5)cc4)C(=O)C31)C2c1cc(OC(F)(F)F)ccc1O. The molecule has 2 amide bonds. The molecule has 4 aromatic rings. The number of aromatic hydroxyl groups is 1. The van der Waals surface area contributed by atoms with Crippen LogP contribution >= 0.6 is 0 Å². The molecular formula is C45H37F3N2O7. The normalized spacial score (nSPS) is 27.3. The van der Waals surface area contributed by atoms with Crippen molar-refractivity contribution in [3.05, 3.63) is 138 Å². The molecule has 0 aromatic heterocycles. The Morgan fingerprint density at radius 1 is 0.789 bits per heavy atom. The van der Waals surface area contributed by atoms with Gasteiger partial charge in [0.1, 0.15) is 11.5 Å². The highest BCUT2D eigenvalue weighted by Crippen LogP contribution is 2.64. The van der Waals surface area contributed by atoms with Gasteiger partial charge in [0.15, 0.2) is 11.6 Å². The van der Waals surface area contributed by atoms with E-state index in [0.29, 0.717) is 48.7 Å². The number of phenolic OH excluding ortho intramolecular Hbond substituents is 1. The summed E-state index contributed by atoms with van der Waals surface area (Å²) in [4.78, 5) is 62.7. The highest BCUT2D eigenvalue weighted by Gasteiger charge is 2.66. The van der Waals surface area contributed by atoms with Gasteiger partial charge in [-0.1, -0.05) is 72.3 Å². The molecule has 1 N–H and O–H groups in total. The summed E-state index contributed by atoms with van der Waals surface area (Å²) in [7, 11) is 0. The Morgan fingerprint density at radius 2 is 1.46 bits per heavy atom. The minimum atomic E-state index is -5.06. The lowest BCUT2D eigenvalue weighted by Crippen LogP contribution is -2.58. The molecule has 6 atom stereocenters. The summed E-state index contributed by atoms with van der Waals surface area (Å²) in [6.07, 6.45) is -1.87. The maximum absolute atomic E-state index is 15.2. The molecule has 3 fully saturated rings. The largest absolute Gasteiger partial charge is 0.573 e. The third-order valence-electron chi connectivity index (χ3n) is 12.4. The second-order valence-corrected chi connectivity index (χ2v) is 15.2. The molecule has 3 aliphatic carbocycles. The smallest absolute Gasteiger partial charge is 0.508 e. The monoisotopic (exact) mass is 774 g/mol.